The third-order valence-corrected chi connectivity index (χ3v) is 6.89. The average molecular weight is 492 g/mol. The van der Waals surface area contributed by atoms with E-state index in [-0.39, 0.29) is 11.8 Å². The molecule has 0 unspecified atom stereocenters. The number of aromatic nitrogens is 1. The van der Waals surface area contributed by atoms with E-state index in [0.29, 0.717) is 25.9 Å². The maximum absolute atomic E-state index is 12.4. The van der Waals surface area contributed by atoms with Crippen LogP contribution in [-0.4, -0.2) is 65.9 Å². The molecule has 1 aromatic heterocycles. The van der Waals surface area contributed by atoms with Gasteiger partial charge in [-0.25, -0.2) is 4.98 Å². The molecular formula is C29H41N5O2. The Morgan fingerprint density at radius 1 is 0.694 bits per heavy atom. The van der Waals surface area contributed by atoms with E-state index in [1.54, 1.807) is 0 Å². The molecule has 7 heteroatoms. The van der Waals surface area contributed by atoms with Gasteiger partial charge in [-0.15, -0.1) is 0 Å². The van der Waals surface area contributed by atoms with Gasteiger partial charge in [-0.05, 0) is 43.4 Å². The number of benzene rings is 2. The van der Waals surface area contributed by atoms with Gasteiger partial charge in [0.1, 0.15) is 0 Å². The van der Waals surface area contributed by atoms with E-state index >= 15 is 0 Å². The first-order valence-electron chi connectivity index (χ1n) is 13.3. The standard InChI is InChI=1S/C29H41N5O2/c1-5-33(6-2)17-15-26(35)30-20-24-13-9-11-22-19-23-12-10-14-25(29(23)32-28(22)24)21-31-27(36)16-18-34(7-3)8-4/h9-14,19H,5-8,15-18,20-21H2,1-4H3,(H,30,35)(H,31,36). The van der Waals surface area contributed by atoms with E-state index in [2.05, 4.69) is 66.3 Å². The number of fused-ring (bicyclic) bond motifs is 2. The normalized spacial score (nSPS) is 11.5. The van der Waals surface area contributed by atoms with Crippen molar-refractivity contribution in [1.82, 2.24) is 25.4 Å². The van der Waals surface area contributed by atoms with Gasteiger partial charge in [-0.2, -0.15) is 0 Å². The van der Waals surface area contributed by atoms with Gasteiger partial charge in [0.2, 0.25) is 11.8 Å². The second-order valence-corrected chi connectivity index (χ2v) is 9.07. The van der Waals surface area contributed by atoms with E-state index < -0.39 is 0 Å². The second-order valence-electron chi connectivity index (χ2n) is 9.07. The molecule has 7 nitrogen and oxygen atoms in total. The maximum Gasteiger partial charge on any atom is 0.221 e. The van der Waals surface area contributed by atoms with Crippen molar-refractivity contribution >= 4 is 33.6 Å². The number of carbonyl (C=O) groups is 2. The number of amides is 2. The van der Waals surface area contributed by atoms with Gasteiger partial charge in [0.25, 0.3) is 0 Å². The molecule has 0 aliphatic carbocycles. The predicted octanol–water partition coefficient (Wildman–Crippen LogP) is 4.08. The van der Waals surface area contributed by atoms with Gasteiger partial charge in [-0.1, -0.05) is 64.1 Å². The van der Waals surface area contributed by atoms with Crippen LogP contribution in [0.1, 0.15) is 51.7 Å². The quantitative estimate of drug-likeness (QED) is 0.332. The summed E-state index contributed by atoms with van der Waals surface area (Å²) in [5.41, 5.74) is 3.75. The van der Waals surface area contributed by atoms with Gasteiger partial charge in [-0.3, -0.25) is 9.59 Å². The fourth-order valence-electron chi connectivity index (χ4n) is 4.46. The molecule has 0 spiro atoms. The Morgan fingerprint density at radius 2 is 1.11 bits per heavy atom. The highest BCUT2D eigenvalue weighted by molar-refractivity contribution is 5.95. The number of pyridine rings is 1. The molecule has 0 bridgehead atoms. The molecule has 0 aliphatic heterocycles. The van der Waals surface area contributed by atoms with Crippen LogP contribution in [0.4, 0.5) is 0 Å². The second kappa shape index (κ2) is 13.9. The van der Waals surface area contributed by atoms with Crippen molar-refractivity contribution in [2.75, 3.05) is 39.3 Å². The molecular weight excluding hydrogens is 450 g/mol. The summed E-state index contributed by atoms with van der Waals surface area (Å²) in [7, 11) is 0. The summed E-state index contributed by atoms with van der Waals surface area (Å²) < 4.78 is 0. The van der Waals surface area contributed by atoms with Gasteiger partial charge in [0.15, 0.2) is 0 Å². The number of nitrogens with one attached hydrogen (secondary N) is 2. The van der Waals surface area contributed by atoms with Crippen LogP contribution >= 0.6 is 0 Å². The zero-order valence-electron chi connectivity index (χ0n) is 22.3. The summed E-state index contributed by atoms with van der Waals surface area (Å²) >= 11 is 0. The van der Waals surface area contributed by atoms with Crippen LogP contribution in [0, 0.1) is 0 Å². The summed E-state index contributed by atoms with van der Waals surface area (Å²) in [5, 5.41) is 8.21. The Kier molecular flexibility index (Phi) is 10.6. The number of rotatable bonds is 14. The van der Waals surface area contributed by atoms with Crippen LogP contribution < -0.4 is 10.6 Å². The van der Waals surface area contributed by atoms with Crippen molar-refractivity contribution in [3.05, 3.63) is 53.6 Å². The highest BCUT2D eigenvalue weighted by Crippen LogP contribution is 2.25. The van der Waals surface area contributed by atoms with Gasteiger partial charge < -0.3 is 20.4 Å². The maximum atomic E-state index is 12.4. The van der Waals surface area contributed by atoms with Crippen molar-refractivity contribution in [2.45, 2.75) is 53.6 Å². The van der Waals surface area contributed by atoms with E-state index in [0.717, 1.165) is 72.2 Å². The summed E-state index contributed by atoms with van der Waals surface area (Å²) in [4.78, 5) is 34.4. The summed E-state index contributed by atoms with van der Waals surface area (Å²) in [6, 6.07) is 14.3. The van der Waals surface area contributed by atoms with Crippen molar-refractivity contribution < 1.29 is 9.59 Å². The van der Waals surface area contributed by atoms with Crippen LogP contribution in [0.3, 0.4) is 0 Å². The lowest BCUT2D eigenvalue weighted by molar-refractivity contribution is -0.122. The first-order chi connectivity index (χ1) is 17.5. The van der Waals surface area contributed by atoms with E-state index in [1.807, 2.05) is 24.3 Å². The first-order valence-corrected chi connectivity index (χ1v) is 13.3. The van der Waals surface area contributed by atoms with Crippen LogP contribution in [0.5, 0.6) is 0 Å². The molecule has 0 radical (unpaired) electrons. The molecule has 36 heavy (non-hydrogen) atoms. The highest BCUT2D eigenvalue weighted by Gasteiger charge is 2.11. The predicted molar refractivity (Wildman–Crippen MR) is 148 cm³/mol. The molecule has 3 rings (SSSR count). The fourth-order valence-corrected chi connectivity index (χ4v) is 4.46. The Balaban J connectivity index is 1.72. The third kappa shape index (κ3) is 7.48. The number of hydrogen-bond acceptors (Lipinski definition) is 5. The molecule has 1 heterocycles. The minimum atomic E-state index is 0.0489. The Morgan fingerprint density at radius 3 is 1.50 bits per heavy atom. The lowest BCUT2D eigenvalue weighted by Crippen LogP contribution is -2.30. The molecule has 194 valence electrons. The number of hydrogen-bond donors (Lipinski definition) is 2. The minimum absolute atomic E-state index is 0.0489. The monoisotopic (exact) mass is 491 g/mol. The topological polar surface area (TPSA) is 77.6 Å². The van der Waals surface area contributed by atoms with Crippen LogP contribution in [0.25, 0.3) is 21.8 Å². The number of nitrogens with zero attached hydrogens (tertiary/aromatic N) is 3. The number of para-hydroxylation sites is 2. The Bertz CT molecular complexity index is 1070. The molecule has 0 fully saturated rings. The third-order valence-electron chi connectivity index (χ3n) is 6.89. The minimum Gasteiger partial charge on any atom is -0.352 e. The van der Waals surface area contributed by atoms with Gasteiger partial charge in [0.05, 0.1) is 11.0 Å². The molecule has 2 aromatic carbocycles. The largest absolute Gasteiger partial charge is 0.352 e. The van der Waals surface area contributed by atoms with Crippen LogP contribution in [-0.2, 0) is 22.7 Å². The SMILES string of the molecule is CCN(CC)CCC(=O)NCc1cccc2cc3cccc(CNC(=O)CCN(CC)CC)c3nc12. The van der Waals surface area contributed by atoms with E-state index in [4.69, 9.17) is 4.98 Å². The van der Waals surface area contributed by atoms with Gasteiger partial charge in [0, 0.05) is 49.8 Å². The molecule has 2 amide bonds. The van der Waals surface area contributed by atoms with Gasteiger partial charge >= 0.3 is 0 Å². The van der Waals surface area contributed by atoms with Crippen molar-refractivity contribution in [2.24, 2.45) is 0 Å². The molecule has 0 saturated carbocycles. The molecule has 3 aromatic rings. The molecule has 0 atom stereocenters. The van der Waals surface area contributed by atoms with Crippen molar-refractivity contribution in [3.8, 4) is 0 Å². The van der Waals surface area contributed by atoms with Crippen molar-refractivity contribution in [3.63, 3.8) is 0 Å². The zero-order chi connectivity index (χ0) is 25.9. The Hall–Kier alpha value is -3.03. The average Bonchev–Trinajstić information content (AvgIpc) is 2.90. The van der Waals surface area contributed by atoms with Crippen LogP contribution in [0.15, 0.2) is 42.5 Å². The van der Waals surface area contributed by atoms with Crippen LogP contribution in [0.2, 0.25) is 0 Å². The summed E-state index contributed by atoms with van der Waals surface area (Å²) in [5.74, 6) is 0.0978. The lowest BCUT2D eigenvalue weighted by atomic mass is 10.0. The highest BCUT2D eigenvalue weighted by atomic mass is 16.2. The summed E-state index contributed by atoms with van der Waals surface area (Å²) in [6.45, 7) is 14.6. The fraction of sp³-hybridized carbons (Fsp3) is 0.483. The molecule has 0 saturated heterocycles. The van der Waals surface area contributed by atoms with E-state index in [9.17, 15) is 9.59 Å². The molecule has 2 N–H and O–H groups in total. The Labute approximate surface area is 215 Å². The molecule has 0 aliphatic rings. The smallest absolute Gasteiger partial charge is 0.221 e. The first kappa shape index (κ1) is 27.6. The number of carbonyl (C=O) groups excluding carboxylic acids is 2. The zero-order valence-corrected chi connectivity index (χ0v) is 22.3. The van der Waals surface area contributed by atoms with E-state index in [1.165, 1.54) is 0 Å². The van der Waals surface area contributed by atoms with Crippen molar-refractivity contribution in [1.29, 1.82) is 0 Å². The summed E-state index contributed by atoms with van der Waals surface area (Å²) in [6.07, 6.45) is 0.974. The lowest BCUT2D eigenvalue weighted by Gasteiger charge is -2.17.